The van der Waals surface area contributed by atoms with Crippen molar-refractivity contribution >= 4 is 5.97 Å². The van der Waals surface area contributed by atoms with Gasteiger partial charge in [-0.3, -0.25) is 4.79 Å². The molecule has 90 valence electrons. The average molecular weight is 218 g/mol. The van der Waals surface area contributed by atoms with E-state index in [0.717, 1.165) is 6.42 Å². The molecular formula is C11H22O4. The number of hydrogen-bond donors (Lipinski definition) is 0. The lowest BCUT2D eigenvalue weighted by Gasteiger charge is -2.19. The van der Waals surface area contributed by atoms with E-state index in [1.165, 1.54) is 0 Å². The average Bonchev–Trinajstić information content (AvgIpc) is 2.08. The fraction of sp³-hybridized carbons (Fsp3) is 0.909. The highest BCUT2D eigenvalue weighted by Crippen LogP contribution is 2.07. The van der Waals surface area contributed by atoms with Gasteiger partial charge in [0, 0.05) is 20.3 Å². The molecule has 0 saturated carbocycles. The standard InChI is InChI=1S/C11H22O4/c1-11(2,3)15-10(12)6-9-14-8-5-7-13-4/h5-9H2,1-4H3. The van der Waals surface area contributed by atoms with E-state index in [4.69, 9.17) is 14.2 Å². The van der Waals surface area contributed by atoms with Gasteiger partial charge in [-0.25, -0.2) is 0 Å². The highest BCUT2D eigenvalue weighted by atomic mass is 16.6. The second-order valence-electron chi connectivity index (χ2n) is 4.30. The number of methoxy groups -OCH3 is 1. The fourth-order valence-corrected chi connectivity index (χ4v) is 0.955. The van der Waals surface area contributed by atoms with Crippen molar-refractivity contribution in [1.29, 1.82) is 0 Å². The highest BCUT2D eigenvalue weighted by molar-refractivity contribution is 5.69. The van der Waals surface area contributed by atoms with Crippen LogP contribution in [-0.4, -0.2) is 38.5 Å². The third kappa shape index (κ3) is 11.3. The van der Waals surface area contributed by atoms with Crippen LogP contribution < -0.4 is 0 Å². The number of ether oxygens (including phenoxy) is 3. The van der Waals surface area contributed by atoms with Gasteiger partial charge < -0.3 is 14.2 Å². The molecule has 0 aliphatic heterocycles. The van der Waals surface area contributed by atoms with E-state index >= 15 is 0 Å². The van der Waals surface area contributed by atoms with Crippen molar-refractivity contribution in [2.45, 2.75) is 39.2 Å². The van der Waals surface area contributed by atoms with Gasteiger partial charge in [0.2, 0.25) is 0 Å². The van der Waals surface area contributed by atoms with Gasteiger partial charge in [-0.15, -0.1) is 0 Å². The smallest absolute Gasteiger partial charge is 0.308 e. The highest BCUT2D eigenvalue weighted by Gasteiger charge is 2.15. The summed E-state index contributed by atoms with van der Waals surface area (Å²) in [5.41, 5.74) is -0.410. The molecule has 0 aromatic rings. The molecule has 15 heavy (non-hydrogen) atoms. The van der Waals surface area contributed by atoms with E-state index in [1.54, 1.807) is 7.11 Å². The third-order valence-electron chi connectivity index (χ3n) is 1.51. The van der Waals surface area contributed by atoms with Gasteiger partial charge in [-0.1, -0.05) is 0 Å². The largest absolute Gasteiger partial charge is 0.460 e. The number of esters is 1. The molecule has 0 rings (SSSR count). The SMILES string of the molecule is COCCCOCCC(=O)OC(C)(C)C. The van der Waals surface area contributed by atoms with Crippen molar-refractivity contribution in [1.82, 2.24) is 0 Å². The zero-order chi connectivity index (χ0) is 11.7. The van der Waals surface area contributed by atoms with Crippen LogP contribution in [0.1, 0.15) is 33.6 Å². The Kier molecular flexibility index (Phi) is 7.34. The molecule has 0 saturated heterocycles. The first-order valence-electron chi connectivity index (χ1n) is 5.24. The molecule has 0 aromatic carbocycles. The Hall–Kier alpha value is -0.610. The van der Waals surface area contributed by atoms with Gasteiger partial charge in [0.1, 0.15) is 5.60 Å². The molecule has 0 bridgehead atoms. The Bertz CT molecular complexity index is 172. The Labute approximate surface area is 91.9 Å². The molecule has 0 radical (unpaired) electrons. The summed E-state index contributed by atoms with van der Waals surface area (Å²) >= 11 is 0. The van der Waals surface area contributed by atoms with Crippen LogP contribution in [0.3, 0.4) is 0 Å². The summed E-state index contributed by atoms with van der Waals surface area (Å²) in [5.74, 6) is -0.214. The maximum Gasteiger partial charge on any atom is 0.308 e. The molecule has 0 fully saturated rings. The monoisotopic (exact) mass is 218 g/mol. The van der Waals surface area contributed by atoms with E-state index in [9.17, 15) is 4.79 Å². The summed E-state index contributed by atoms with van der Waals surface area (Å²) < 4.78 is 15.2. The molecule has 0 aliphatic carbocycles. The molecule has 0 spiro atoms. The normalized spacial score (nSPS) is 11.5. The summed E-state index contributed by atoms with van der Waals surface area (Å²) in [5, 5.41) is 0. The first kappa shape index (κ1) is 14.4. The van der Waals surface area contributed by atoms with Crippen LogP contribution in [0.5, 0.6) is 0 Å². The quantitative estimate of drug-likeness (QED) is 0.482. The summed E-state index contributed by atoms with van der Waals surface area (Å²) in [6.45, 7) is 7.28. The number of carbonyl (C=O) groups is 1. The van der Waals surface area contributed by atoms with Crippen LogP contribution in [0.15, 0.2) is 0 Å². The Morgan fingerprint density at radius 2 is 1.80 bits per heavy atom. The Morgan fingerprint density at radius 3 is 2.33 bits per heavy atom. The summed E-state index contributed by atoms with van der Waals surface area (Å²) in [4.78, 5) is 11.2. The molecule has 0 N–H and O–H groups in total. The molecule has 0 unspecified atom stereocenters. The van der Waals surface area contributed by atoms with Gasteiger partial charge in [0.15, 0.2) is 0 Å². The lowest BCUT2D eigenvalue weighted by atomic mass is 10.2. The summed E-state index contributed by atoms with van der Waals surface area (Å²) in [6, 6.07) is 0. The minimum absolute atomic E-state index is 0.214. The maximum absolute atomic E-state index is 11.2. The zero-order valence-electron chi connectivity index (χ0n) is 10.2. The number of rotatable bonds is 7. The van der Waals surface area contributed by atoms with Gasteiger partial charge in [-0.2, -0.15) is 0 Å². The molecular weight excluding hydrogens is 196 g/mol. The third-order valence-corrected chi connectivity index (χ3v) is 1.51. The second kappa shape index (κ2) is 7.65. The van der Waals surface area contributed by atoms with Gasteiger partial charge >= 0.3 is 5.97 Å². The van der Waals surface area contributed by atoms with Crippen LogP contribution in [0.2, 0.25) is 0 Å². The van der Waals surface area contributed by atoms with E-state index in [0.29, 0.717) is 26.2 Å². The van der Waals surface area contributed by atoms with Crippen molar-refractivity contribution < 1.29 is 19.0 Å². The minimum Gasteiger partial charge on any atom is -0.460 e. The molecule has 4 heteroatoms. The van der Waals surface area contributed by atoms with Gasteiger partial charge in [-0.05, 0) is 27.2 Å². The van der Waals surface area contributed by atoms with Crippen molar-refractivity contribution in [2.24, 2.45) is 0 Å². The lowest BCUT2D eigenvalue weighted by molar-refractivity contribution is -0.156. The first-order valence-corrected chi connectivity index (χ1v) is 5.24. The zero-order valence-corrected chi connectivity index (χ0v) is 10.2. The van der Waals surface area contributed by atoms with Crippen molar-refractivity contribution in [3.63, 3.8) is 0 Å². The summed E-state index contributed by atoms with van der Waals surface area (Å²) in [6.07, 6.45) is 1.16. The van der Waals surface area contributed by atoms with Crippen molar-refractivity contribution in [3.05, 3.63) is 0 Å². The Balaban J connectivity index is 3.32. The molecule has 0 heterocycles. The molecule has 4 nitrogen and oxygen atoms in total. The van der Waals surface area contributed by atoms with Gasteiger partial charge in [0.05, 0.1) is 13.0 Å². The number of hydrogen-bond acceptors (Lipinski definition) is 4. The van der Waals surface area contributed by atoms with Crippen LogP contribution in [-0.2, 0) is 19.0 Å². The summed E-state index contributed by atoms with van der Waals surface area (Å²) in [7, 11) is 1.65. The topological polar surface area (TPSA) is 44.8 Å². The Morgan fingerprint density at radius 1 is 1.13 bits per heavy atom. The predicted octanol–water partition coefficient (Wildman–Crippen LogP) is 1.77. The predicted molar refractivity (Wildman–Crippen MR) is 57.8 cm³/mol. The molecule has 0 amide bonds. The first-order chi connectivity index (χ1) is 6.95. The van der Waals surface area contributed by atoms with Crippen LogP contribution in [0.4, 0.5) is 0 Å². The van der Waals surface area contributed by atoms with Gasteiger partial charge in [0.25, 0.3) is 0 Å². The fourth-order valence-electron chi connectivity index (χ4n) is 0.955. The van der Waals surface area contributed by atoms with Crippen LogP contribution in [0.25, 0.3) is 0 Å². The molecule has 0 atom stereocenters. The maximum atomic E-state index is 11.2. The van der Waals surface area contributed by atoms with Crippen LogP contribution >= 0.6 is 0 Å². The van der Waals surface area contributed by atoms with Crippen molar-refractivity contribution in [3.8, 4) is 0 Å². The van der Waals surface area contributed by atoms with Crippen molar-refractivity contribution in [2.75, 3.05) is 26.9 Å². The lowest BCUT2D eigenvalue weighted by Crippen LogP contribution is -2.24. The number of carbonyl (C=O) groups excluding carboxylic acids is 1. The van der Waals surface area contributed by atoms with E-state index in [2.05, 4.69) is 0 Å². The van der Waals surface area contributed by atoms with Crippen LogP contribution in [0, 0.1) is 0 Å². The second-order valence-corrected chi connectivity index (χ2v) is 4.30. The van der Waals surface area contributed by atoms with E-state index in [-0.39, 0.29) is 5.97 Å². The minimum atomic E-state index is -0.410. The molecule has 0 aromatic heterocycles. The molecule has 0 aliphatic rings. The van der Waals surface area contributed by atoms with E-state index in [1.807, 2.05) is 20.8 Å². The van der Waals surface area contributed by atoms with E-state index < -0.39 is 5.60 Å².